The Bertz CT molecular complexity index is 944. The number of hydrogen-bond donors (Lipinski definition) is 1. The summed E-state index contributed by atoms with van der Waals surface area (Å²) in [7, 11) is 0. The van der Waals surface area contributed by atoms with Gasteiger partial charge >= 0.3 is 5.97 Å². The van der Waals surface area contributed by atoms with E-state index < -0.39 is 5.97 Å². The zero-order valence-electron chi connectivity index (χ0n) is 13.4. The van der Waals surface area contributed by atoms with Crippen molar-refractivity contribution in [3.8, 4) is 16.9 Å². The second kappa shape index (κ2) is 5.60. The molecule has 1 heterocycles. The normalized spacial score (nSPS) is 13.0. The number of nitrogens with zero attached hydrogens (tertiary/aromatic N) is 3. The van der Waals surface area contributed by atoms with Crippen molar-refractivity contribution in [1.29, 1.82) is 0 Å². The van der Waals surface area contributed by atoms with Crippen molar-refractivity contribution < 1.29 is 9.90 Å². The van der Waals surface area contributed by atoms with Crippen LogP contribution >= 0.6 is 0 Å². The lowest BCUT2D eigenvalue weighted by Gasteiger charge is -2.06. The molecule has 1 aromatic heterocycles. The number of rotatable bonds is 3. The number of aryl methyl sites for hydroxylation is 3. The van der Waals surface area contributed by atoms with Crippen LogP contribution in [0, 0.1) is 6.92 Å². The van der Waals surface area contributed by atoms with Crippen molar-refractivity contribution >= 4 is 5.97 Å². The van der Waals surface area contributed by atoms with Crippen LogP contribution in [0.1, 0.15) is 33.5 Å². The molecule has 2 aromatic carbocycles. The van der Waals surface area contributed by atoms with Crippen LogP contribution in [0.15, 0.2) is 42.6 Å². The van der Waals surface area contributed by atoms with Crippen molar-refractivity contribution in [3.63, 3.8) is 0 Å². The zero-order valence-corrected chi connectivity index (χ0v) is 13.4. The first-order chi connectivity index (χ1) is 11.6. The fourth-order valence-corrected chi connectivity index (χ4v) is 3.23. The third-order valence-electron chi connectivity index (χ3n) is 4.59. The summed E-state index contributed by atoms with van der Waals surface area (Å²) >= 11 is 0. The second-order valence-corrected chi connectivity index (χ2v) is 6.19. The third kappa shape index (κ3) is 2.48. The SMILES string of the molecule is Cc1ccc(C(=O)O)cc1-n1cc(-c2ccc3c(c2)CCC3)nn1. The summed E-state index contributed by atoms with van der Waals surface area (Å²) in [6.07, 6.45) is 5.35. The first-order valence-corrected chi connectivity index (χ1v) is 8.00. The molecule has 1 aliphatic carbocycles. The van der Waals surface area contributed by atoms with E-state index in [2.05, 4.69) is 28.5 Å². The van der Waals surface area contributed by atoms with Crippen LogP contribution in [-0.4, -0.2) is 26.1 Å². The minimum Gasteiger partial charge on any atom is -0.478 e. The van der Waals surface area contributed by atoms with Gasteiger partial charge in [-0.25, -0.2) is 9.48 Å². The van der Waals surface area contributed by atoms with Crippen LogP contribution in [0.3, 0.4) is 0 Å². The molecule has 0 bridgehead atoms. The van der Waals surface area contributed by atoms with Crippen LogP contribution in [0.5, 0.6) is 0 Å². The van der Waals surface area contributed by atoms with Crippen LogP contribution in [-0.2, 0) is 12.8 Å². The van der Waals surface area contributed by atoms with Gasteiger partial charge < -0.3 is 5.11 Å². The molecule has 0 saturated heterocycles. The van der Waals surface area contributed by atoms with Gasteiger partial charge in [-0.15, -0.1) is 5.10 Å². The monoisotopic (exact) mass is 319 g/mol. The molecule has 0 spiro atoms. The molecule has 0 amide bonds. The smallest absolute Gasteiger partial charge is 0.335 e. The number of aromatic nitrogens is 3. The van der Waals surface area contributed by atoms with Gasteiger partial charge in [0, 0.05) is 5.56 Å². The lowest BCUT2D eigenvalue weighted by Crippen LogP contribution is -2.02. The quantitative estimate of drug-likeness (QED) is 0.803. The van der Waals surface area contributed by atoms with E-state index in [1.165, 1.54) is 17.5 Å². The Morgan fingerprint density at radius 3 is 2.79 bits per heavy atom. The van der Waals surface area contributed by atoms with Gasteiger partial charge in [-0.3, -0.25) is 0 Å². The Morgan fingerprint density at radius 2 is 1.96 bits per heavy atom. The molecule has 0 radical (unpaired) electrons. The number of carboxylic acids is 1. The van der Waals surface area contributed by atoms with E-state index in [0.717, 1.165) is 35.3 Å². The standard InChI is InChI=1S/C19H17N3O2/c1-12-5-6-16(19(23)24)10-18(12)22-11-17(20-21-22)15-8-7-13-3-2-4-14(13)9-15/h5-11H,2-4H2,1H3,(H,23,24). The first kappa shape index (κ1) is 14.6. The van der Waals surface area contributed by atoms with Crippen molar-refractivity contribution in [1.82, 2.24) is 15.0 Å². The zero-order chi connectivity index (χ0) is 16.7. The number of aromatic carboxylic acids is 1. The molecule has 120 valence electrons. The topological polar surface area (TPSA) is 68.0 Å². The fourth-order valence-electron chi connectivity index (χ4n) is 3.23. The predicted molar refractivity (Wildman–Crippen MR) is 90.5 cm³/mol. The van der Waals surface area contributed by atoms with Gasteiger partial charge in [0.1, 0.15) is 5.69 Å². The average Bonchev–Trinajstić information content (AvgIpc) is 3.23. The summed E-state index contributed by atoms with van der Waals surface area (Å²) < 4.78 is 1.64. The molecule has 4 rings (SSSR count). The van der Waals surface area contributed by atoms with E-state index >= 15 is 0 Å². The molecule has 5 nitrogen and oxygen atoms in total. The number of hydrogen-bond acceptors (Lipinski definition) is 3. The molecule has 24 heavy (non-hydrogen) atoms. The predicted octanol–water partition coefficient (Wildman–Crippen LogP) is 3.43. The number of fused-ring (bicyclic) bond motifs is 1. The highest BCUT2D eigenvalue weighted by Crippen LogP contribution is 2.27. The largest absolute Gasteiger partial charge is 0.478 e. The van der Waals surface area contributed by atoms with Gasteiger partial charge in [0.2, 0.25) is 0 Å². The molecular formula is C19H17N3O2. The summed E-state index contributed by atoms with van der Waals surface area (Å²) in [5.41, 5.74) is 6.59. The van der Waals surface area contributed by atoms with Crippen molar-refractivity contribution in [2.75, 3.05) is 0 Å². The van der Waals surface area contributed by atoms with E-state index in [1.54, 1.807) is 22.9 Å². The lowest BCUT2D eigenvalue weighted by atomic mass is 10.0. The number of carboxylic acid groups (broad SMARTS) is 1. The van der Waals surface area contributed by atoms with E-state index in [0.29, 0.717) is 0 Å². The minimum atomic E-state index is -0.949. The van der Waals surface area contributed by atoms with Crippen LogP contribution in [0.2, 0.25) is 0 Å². The molecule has 0 fully saturated rings. The van der Waals surface area contributed by atoms with Gasteiger partial charge in [0.25, 0.3) is 0 Å². The van der Waals surface area contributed by atoms with Crippen LogP contribution in [0.25, 0.3) is 16.9 Å². The summed E-state index contributed by atoms with van der Waals surface area (Å²) in [5.74, 6) is -0.949. The lowest BCUT2D eigenvalue weighted by molar-refractivity contribution is 0.0697. The van der Waals surface area contributed by atoms with E-state index in [9.17, 15) is 9.90 Å². The van der Waals surface area contributed by atoms with E-state index in [1.807, 2.05) is 13.1 Å². The van der Waals surface area contributed by atoms with E-state index in [4.69, 9.17) is 0 Å². The molecule has 5 heteroatoms. The van der Waals surface area contributed by atoms with Crippen LogP contribution < -0.4 is 0 Å². The summed E-state index contributed by atoms with van der Waals surface area (Å²) in [6.45, 7) is 1.93. The van der Waals surface area contributed by atoms with Crippen molar-refractivity contribution in [2.45, 2.75) is 26.2 Å². The molecule has 0 aliphatic heterocycles. The maximum Gasteiger partial charge on any atom is 0.335 e. The first-order valence-electron chi connectivity index (χ1n) is 8.00. The maximum atomic E-state index is 11.2. The Labute approximate surface area is 139 Å². The van der Waals surface area contributed by atoms with Gasteiger partial charge in [0.05, 0.1) is 17.4 Å². The minimum absolute atomic E-state index is 0.241. The molecule has 0 saturated carbocycles. The molecule has 3 aromatic rings. The molecular weight excluding hydrogens is 302 g/mol. The summed E-state index contributed by atoms with van der Waals surface area (Å²) in [6, 6.07) is 11.5. The highest BCUT2D eigenvalue weighted by molar-refractivity contribution is 5.88. The van der Waals surface area contributed by atoms with Gasteiger partial charge in [-0.2, -0.15) is 0 Å². The average molecular weight is 319 g/mol. The van der Waals surface area contributed by atoms with Crippen molar-refractivity contribution in [2.24, 2.45) is 0 Å². The Balaban J connectivity index is 1.73. The third-order valence-corrected chi connectivity index (χ3v) is 4.59. The Morgan fingerprint density at radius 1 is 1.12 bits per heavy atom. The highest BCUT2D eigenvalue weighted by atomic mass is 16.4. The summed E-state index contributed by atoms with van der Waals surface area (Å²) in [4.78, 5) is 11.2. The Kier molecular flexibility index (Phi) is 3.41. The number of benzene rings is 2. The van der Waals surface area contributed by atoms with Gasteiger partial charge in [0.15, 0.2) is 0 Å². The highest BCUT2D eigenvalue weighted by Gasteiger charge is 2.14. The fraction of sp³-hybridized carbons (Fsp3) is 0.211. The van der Waals surface area contributed by atoms with E-state index in [-0.39, 0.29) is 5.56 Å². The molecule has 1 aliphatic rings. The van der Waals surface area contributed by atoms with Gasteiger partial charge in [-0.1, -0.05) is 23.4 Å². The van der Waals surface area contributed by atoms with Gasteiger partial charge in [-0.05, 0) is 61.1 Å². The molecule has 1 N–H and O–H groups in total. The van der Waals surface area contributed by atoms with Crippen LogP contribution in [0.4, 0.5) is 0 Å². The van der Waals surface area contributed by atoms with Crippen molar-refractivity contribution in [3.05, 3.63) is 64.8 Å². The second-order valence-electron chi connectivity index (χ2n) is 6.19. The summed E-state index contributed by atoms with van der Waals surface area (Å²) in [5, 5.41) is 17.6. The molecule has 0 atom stereocenters. The Hall–Kier alpha value is -2.95. The number of carbonyl (C=O) groups is 1. The maximum absolute atomic E-state index is 11.2. The molecule has 0 unspecified atom stereocenters.